The molecule has 0 aromatic heterocycles. The summed E-state index contributed by atoms with van der Waals surface area (Å²) in [4.78, 5) is 13.8. The van der Waals surface area contributed by atoms with E-state index in [2.05, 4.69) is 19.9 Å². The van der Waals surface area contributed by atoms with Crippen LogP contribution >= 0.6 is 0 Å². The van der Waals surface area contributed by atoms with Gasteiger partial charge < -0.3 is 15.4 Å². The highest BCUT2D eigenvalue weighted by atomic mass is 16.5. The molecule has 23 heavy (non-hydrogen) atoms. The van der Waals surface area contributed by atoms with Crippen molar-refractivity contribution in [3.05, 3.63) is 53.6 Å². The number of hydrogen-bond acceptors (Lipinski definition) is 3. The van der Waals surface area contributed by atoms with E-state index in [0.29, 0.717) is 18.1 Å². The number of hydrogen-bond donors (Lipinski definition) is 1. The molecule has 1 aliphatic rings. The lowest BCUT2D eigenvalue weighted by molar-refractivity contribution is -0.119. The third kappa shape index (κ3) is 2.82. The maximum Gasteiger partial charge on any atom is 0.244 e. The largest absolute Gasteiger partial charge is 0.455 e. The summed E-state index contributed by atoms with van der Waals surface area (Å²) in [6.07, 6.45) is 0.543. The van der Waals surface area contributed by atoms with Gasteiger partial charge in [-0.3, -0.25) is 4.79 Å². The quantitative estimate of drug-likeness (QED) is 0.944. The highest BCUT2D eigenvalue weighted by Gasteiger charge is 2.30. The summed E-state index contributed by atoms with van der Waals surface area (Å²) in [7, 11) is 1.75. The third-order valence-corrected chi connectivity index (χ3v) is 4.27. The highest BCUT2D eigenvalue weighted by Crippen LogP contribution is 2.39. The van der Waals surface area contributed by atoms with Crippen molar-refractivity contribution < 1.29 is 9.53 Å². The van der Waals surface area contributed by atoms with Crippen LogP contribution in [0.5, 0.6) is 11.5 Å². The van der Waals surface area contributed by atoms with Gasteiger partial charge in [0.1, 0.15) is 5.75 Å². The number of likely N-dealkylation sites (N-methyl/N-ethyl adjacent to an activating group) is 1. The number of nitrogens with zero attached hydrogens (tertiary/aromatic N) is 1. The number of nitrogens with two attached hydrogens (primary N) is 1. The Balaban J connectivity index is 2.03. The standard InChI is InChI=1S/C19H22N2O2/c1-12(2)14-8-4-5-9-16(14)23-17-10-6-7-13-11-15(20)19(22)21(3)18(13)17/h4-10,12,15H,11,20H2,1-3H3/t15-/m1/s1. The zero-order valence-electron chi connectivity index (χ0n) is 13.7. The van der Waals surface area contributed by atoms with Gasteiger partial charge in [0, 0.05) is 7.05 Å². The minimum Gasteiger partial charge on any atom is -0.455 e. The number of para-hydroxylation sites is 2. The van der Waals surface area contributed by atoms with E-state index in [-0.39, 0.29) is 5.91 Å². The maximum absolute atomic E-state index is 12.2. The van der Waals surface area contributed by atoms with Crippen molar-refractivity contribution in [2.45, 2.75) is 32.2 Å². The van der Waals surface area contributed by atoms with Crippen molar-refractivity contribution >= 4 is 11.6 Å². The molecule has 1 aliphatic heterocycles. The zero-order valence-corrected chi connectivity index (χ0v) is 13.7. The zero-order chi connectivity index (χ0) is 16.6. The van der Waals surface area contributed by atoms with E-state index in [1.165, 1.54) is 0 Å². The van der Waals surface area contributed by atoms with Gasteiger partial charge in [-0.05, 0) is 35.6 Å². The minimum absolute atomic E-state index is 0.0781. The molecule has 0 bridgehead atoms. The van der Waals surface area contributed by atoms with Crippen LogP contribution < -0.4 is 15.4 Å². The van der Waals surface area contributed by atoms with Crippen molar-refractivity contribution in [3.8, 4) is 11.5 Å². The number of fused-ring (bicyclic) bond motifs is 1. The summed E-state index contributed by atoms with van der Waals surface area (Å²) in [5, 5.41) is 0. The summed E-state index contributed by atoms with van der Waals surface area (Å²) >= 11 is 0. The van der Waals surface area contributed by atoms with Crippen LogP contribution in [-0.2, 0) is 11.2 Å². The predicted octanol–water partition coefficient (Wildman–Crippen LogP) is 3.45. The van der Waals surface area contributed by atoms with Gasteiger partial charge in [0.2, 0.25) is 5.91 Å². The smallest absolute Gasteiger partial charge is 0.244 e. The van der Waals surface area contributed by atoms with E-state index >= 15 is 0 Å². The molecule has 1 atom stereocenters. The Labute approximate surface area is 136 Å². The van der Waals surface area contributed by atoms with Crippen LogP contribution in [0.4, 0.5) is 5.69 Å². The molecule has 120 valence electrons. The Bertz CT molecular complexity index is 740. The fourth-order valence-corrected chi connectivity index (χ4v) is 3.05. The van der Waals surface area contributed by atoms with Crippen LogP contribution in [-0.4, -0.2) is 19.0 Å². The maximum atomic E-state index is 12.2. The monoisotopic (exact) mass is 310 g/mol. The Hall–Kier alpha value is -2.33. The second-order valence-electron chi connectivity index (χ2n) is 6.27. The van der Waals surface area contributed by atoms with Crippen LogP contribution in [0.25, 0.3) is 0 Å². The van der Waals surface area contributed by atoms with E-state index in [4.69, 9.17) is 10.5 Å². The molecule has 0 fully saturated rings. The first-order valence-corrected chi connectivity index (χ1v) is 7.91. The molecular formula is C19H22N2O2. The van der Waals surface area contributed by atoms with Gasteiger partial charge in [-0.15, -0.1) is 0 Å². The molecule has 0 aliphatic carbocycles. The summed E-state index contributed by atoms with van der Waals surface area (Å²) in [6, 6.07) is 13.4. The van der Waals surface area contributed by atoms with Crippen LogP contribution in [0.15, 0.2) is 42.5 Å². The first kappa shape index (κ1) is 15.6. The summed E-state index contributed by atoms with van der Waals surface area (Å²) in [5.74, 6) is 1.80. The molecule has 2 aromatic rings. The van der Waals surface area contributed by atoms with E-state index < -0.39 is 6.04 Å². The number of rotatable bonds is 3. The van der Waals surface area contributed by atoms with E-state index in [1.54, 1.807) is 11.9 Å². The van der Waals surface area contributed by atoms with Crippen molar-refractivity contribution in [3.63, 3.8) is 0 Å². The molecule has 1 amide bonds. The Morgan fingerprint density at radius 3 is 2.57 bits per heavy atom. The van der Waals surface area contributed by atoms with Gasteiger partial charge >= 0.3 is 0 Å². The average Bonchev–Trinajstić information content (AvgIpc) is 2.53. The topological polar surface area (TPSA) is 55.6 Å². The third-order valence-electron chi connectivity index (χ3n) is 4.27. The van der Waals surface area contributed by atoms with Crippen molar-refractivity contribution in [1.29, 1.82) is 0 Å². The van der Waals surface area contributed by atoms with Crippen LogP contribution in [0, 0.1) is 0 Å². The first-order valence-electron chi connectivity index (χ1n) is 7.91. The highest BCUT2D eigenvalue weighted by molar-refractivity contribution is 6.01. The molecule has 2 aromatic carbocycles. The van der Waals surface area contributed by atoms with E-state index in [0.717, 1.165) is 22.6 Å². The van der Waals surface area contributed by atoms with Crippen LogP contribution in [0.1, 0.15) is 30.9 Å². The van der Waals surface area contributed by atoms with Gasteiger partial charge in [-0.2, -0.15) is 0 Å². The van der Waals surface area contributed by atoms with Gasteiger partial charge in [0.05, 0.1) is 11.7 Å². The predicted molar refractivity (Wildman–Crippen MR) is 92.1 cm³/mol. The van der Waals surface area contributed by atoms with Crippen molar-refractivity contribution in [2.75, 3.05) is 11.9 Å². The van der Waals surface area contributed by atoms with E-state index in [1.807, 2.05) is 36.4 Å². The Kier molecular flexibility index (Phi) is 4.09. The lowest BCUT2D eigenvalue weighted by Crippen LogP contribution is -2.47. The number of benzene rings is 2. The van der Waals surface area contributed by atoms with E-state index in [9.17, 15) is 4.79 Å². The summed E-state index contributed by atoms with van der Waals surface area (Å²) in [6.45, 7) is 4.27. The molecule has 4 nitrogen and oxygen atoms in total. The molecule has 1 heterocycles. The molecule has 0 saturated heterocycles. The van der Waals surface area contributed by atoms with Crippen molar-refractivity contribution in [2.24, 2.45) is 5.73 Å². The SMILES string of the molecule is CC(C)c1ccccc1Oc1cccc2c1N(C)C(=O)[C@H](N)C2. The molecule has 0 saturated carbocycles. The molecule has 2 N–H and O–H groups in total. The number of carbonyl (C=O) groups excluding carboxylic acids is 1. The number of amides is 1. The van der Waals surface area contributed by atoms with Crippen molar-refractivity contribution in [1.82, 2.24) is 0 Å². The Morgan fingerprint density at radius 2 is 1.83 bits per heavy atom. The summed E-state index contributed by atoms with van der Waals surface area (Å²) < 4.78 is 6.19. The lowest BCUT2D eigenvalue weighted by Gasteiger charge is -2.31. The number of ether oxygens (including phenoxy) is 1. The normalized spacial score (nSPS) is 17.3. The Morgan fingerprint density at radius 1 is 1.13 bits per heavy atom. The molecule has 0 radical (unpaired) electrons. The van der Waals surface area contributed by atoms with Gasteiger partial charge in [0.15, 0.2) is 5.75 Å². The molecule has 4 heteroatoms. The lowest BCUT2D eigenvalue weighted by atomic mass is 9.97. The number of anilines is 1. The molecule has 0 spiro atoms. The fourth-order valence-electron chi connectivity index (χ4n) is 3.05. The summed E-state index contributed by atoms with van der Waals surface area (Å²) in [5.41, 5.74) is 8.92. The van der Waals surface area contributed by atoms with Gasteiger partial charge in [0.25, 0.3) is 0 Å². The molecular weight excluding hydrogens is 288 g/mol. The van der Waals surface area contributed by atoms with Crippen LogP contribution in [0.3, 0.4) is 0 Å². The van der Waals surface area contributed by atoms with Gasteiger partial charge in [-0.25, -0.2) is 0 Å². The fraction of sp³-hybridized carbons (Fsp3) is 0.316. The molecule has 3 rings (SSSR count). The van der Waals surface area contributed by atoms with Gasteiger partial charge in [-0.1, -0.05) is 44.2 Å². The first-order chi connectivity index (χ1) is 11.0. The average molecular weight is 310 g/mol. The second kappa shape index (κ2) is 6.05. The number of carbonyl (C=O) groups is 1. The second-order valence-corrected chi connectivity index (χ2v) is 6.27. The minimum atomic E-state index is -0.481. The molecule has 0 unspecified atom stereocenters. The van der Waals surface area contributed by atoms with Crippen LogP contribution in [0.2, 0.25) is 0 Å².